The summed E-state index contributed by atoms with van der Waals surface area (Å²) in [5.74, 6) is -0.570. The van der Waals surface area contributed by atoms with Gasteiger partial charge in [-0.3, -0.25) is 9.69 Å². The number of benzene rings is 1. The molecule has 2 atom stereocenters. The number of ether oxygens (including phenoxy) is 1. The van der Waals surface area contributed by atoms with E-state index < -0.39 is 23.8 Å². The van der Waals surface area contributed by atoms with Gasteiger partial charge in [-0.2, -0.15) is 0 Å². The number of thioether (sulfide) groups is 1. The summed E-state index contributed by atoms with van der Waals surface area (Å²) in [6, 6.07) is 2.42. The van der Waals surface area contributed by atoms with Gasteiger partial charge >= 0.3 is 6.09 Å². The van der Waals surface area contributed by atoms with Crippen LogP contribution in [0.25, 0.3) is 0 Å². The number of carbonyl (C=O) groups is 2. The van der Waals surface area contributed by atoms with Gasteiger partial charge in [0.15, 0.2) is 11.6 Å². The molecule has 5 rings (SSSR count). The normalized spacial score (nSPS) is 25.9. The Morgan fingerprint density at radius 3 is 2.62 bits per heavy atom. The van der Waals surface area contributed by atoms with Gasteiger partial charge in [-0.15, -0.1) is 11.8 Å². The van der Waals surface area contributed by atoms with Crippen LogP contribution in [-0.2, 0) is 9.53 Å². The minimum absolute atomic E-state index is 0.0283. The Hall–Kier alpha value is -2.29. The van der Waals surface area contributed by atoms with Crippen molar-refractivity contribution in [1.82, 2.24) is 5.32 Å². The summed E-state index contributed by atoms with van der Waals surface area (Å²) in [6.07, 6.45) is 4.24. The molecule has 1 N–H and O–H groups in total. The van der Waals surface area contributed by atoms with Crippen molar-refractivity contribution in [3.8, 4) is 0 Å². The van der Waals surface area contributed by atoms with Crippen LogP contribution in [0.4, 0.5) is 25.0 Å². The lowest BCUT2D eigenvalue weighted by atomic mass is 9.85. The van der Waals surface area contributed by atoms with Gasteiger partial charge in [-0.25, -0.2) is 13.6 Å². The molecule has 1 aromatic carbocycles. The molecule has 0 aromatic heterocycles. The van der Waals surface area contributed by atoms with E-state index in [1.54, 1.807) is 22.9 Å². The highest BCUT2D eigenvalue weighted by Gasteiger charge is 2.37. The van der Waals surface area contributed by atoms with Crippen LogP contribution in [-0.4, -0.2) is 43.0 Å². The fraction of sp³-hybridized carbons (Fsp3) is 0.500. The van der Waals surface area contributed by atoms with Gasteiger partial charge in [-0.1, -0.05) is 6.42 Å². The van der Waals surface area contributed by atoms with Crippen LogP contribution in [0.3, 0.4) is 0 Å². The van der Waals surface area contributed by atoms with E-state index in [-0.39, 0.29) is 42.3 Å². The maximum Gasteiger partial charge on any atom is 0.414 e. The Morgan fingerprint density at radius 2 is 2.03 bits per heavy atom. The molecule has 3 fully saturated rings. The van der Waals surface area contributed by atoms with Crippen LogP contribution in [0.2, 0.25) is 0 Å². The van der Waals surface area contributed by atoms with Crippen LogP contribution < -0.4 is 15.1 Å². The molecule has 0 radical (unpaired) electrons. The van der Waals surface area contributed by atoms with Crippen LogP contribution in [0, 0.1) is 17.6 Å². The second-order valence-electron chi connectivity index (χ2n) is 7.92. The minimum atomic E-state index is -0.705. The third kappa shape index (κ3) is 3.35. The smallest absolute Gasteiger partial charge is 0.414 e. The average molecular weight is 421 g/mol. The van der Waals surface area contributed by atoms with Crippen molar-refractivity contribution < 1.29 is 23.1 Å². The molecular weight excluding hydrogens is 400 g/mol. The van der Waals surface area contributed by atoms with Crippen molar-refractivity contribution in [2.75, 3.05) is 28.6 Å². The number of nitrogens with one attached hydrogen (secondary N) is 1. The predicted molar refractivity (Wildman–Crippen MR) is 106 cm³/mol. The van der Waals surface area contributed by atoms with E-state index in [1.807, 2.05) is 0 Å². The monoisotopic (exact) mass is 421 g/mol. The van der Waals surface area contributed by atoms with Crippen LogP contribution in [0.15, 0.2) is 23.2 Å². The van der Waals surface area contributed by atoms with E-state index in [9.17, 15) is 18.4 Å². The quantitative estimate of drug-likeness (QED) is 0.790. The Bertz CT molecular complexity index is 882. The zero-order chi connectivity index (χ0) is 20.1. The molecule has 2 amide bonds. The zero-order valence-electron chi connectivity index (χ0n) is 15.7. The standard InChI is InChI=1S/C20H21F2N3O3S/c21-16-5-12(6-17(22)18(16)24-9-15-4-13(24)10-29-15)25-8-14(28-20(25)27)7-23-19(26)11-2-1-3-11/h5-6,9,11,13-14H,1-4,7-8,10H2,(H,23,26). The minimum Gasteiger partial charge on any atom is -0.442 e. The highest BCUT2D eigenvalue weighted by molar-refractivity contribution is 8.03. The molecule has 2 unspecified atom stereocenters. The van der Waals surface area contributed by atoms with E-state index in [0.29, 0.717) is 0 Å². The lowest BCUT2D eigenvalue weighted by Crippen LogP contribution is -2.40. The van der Waals surface area contributed by atoms with Gasteiger partial charge in [0, 0.05) is 47.4 Å². The van der Waals surface area contributed by atoms with Crippen molar-refractivity contribution in [2.45, 2.75) is 37.8 Å². The number of rotatable bonds is 5. The molecule has 1 aliphatic carbocycles. The van der Waals surface area contributed by atoms with Crippen LogP contribution >= 0.6 is 11.8 Å². The highest BCUT2D eigenvalue weighted by Crippen LogP contribution is 2.44. The van der Waals surface area contributed by atoms with Crippen molar-refractivity contribution in [2.24, 2.45) is 5.92 Å². The Morgan fingerprint density at radius 1 is 1.28 bits per heavy atom. The van der Waals surface area contributed by atoms with Gasteiger partial charge in [0.2, 0.25) is 5.91 Å². The fourth-order valence-corrected chi connectivity index (χ4v) is 5.34. The summed E-state index contributed by atoms with van der Waals surface area (Å²) in [4.78, 5) is 28.2. The highest BCUT2D eigenvalue weighted by atomic mass is 32.2. The summed E-state index contributed by atoms with van der Waals surface area (Å²) in [6.45, 7) is 0.330. The molecule has 1 saturated carbocycles. The number of nitrogens with zero attached hydrogens (tertiary/aromatic N) is 2. The SMILES string of the molecule is O=C(NCC1CN(c2cc(F)c(N3C=C4CC3CS4)c(F)c2)C(=O)O1)C1CCC1. The summed E-state index contributed by atoms with van der Waals surface area (Å²) < 4.78 is 34.9. The van der Waals surface area contributed by atoms with E-state index in [2.05, 4.69) is 5.32 Å². The lowest BCUT2D eigenvalue weighted by Gasteiger charge is -2.26. The Kier molecular flexibility index (Phi) is 4.64. The number of anilines is 2. The molecule has 2 bridgehead atoms. The molecule has 3 heterocycles. The number of halogens is 2. The number of fused-ring (bicyclic) bond motifs is 2. The van der Waals surface area contributed by atoms with E-state index in [1.165, 1.54) is 17.0 Å². The molecule has 6 nitrogen and oxygen atoms in total. The van der Waals surface area contributed by atoms with E-state index in [4.69, 9.17) is 4.74 Å². The van der Waals surface area contributed by atoms with Crippen LogP contribution in [0.1, 0.15) is 25.7 Å². The molecule has 3 aliphatic heterocycles. The molecule has 154 valence electrons. The van der Waals surface area contributed by atoms with Gasteiger partial charge in [0.1, 0.15) is 11.8 Å². The van der Waals surface area contributed by atoms with Crippen molar-refractivity contribution >= 4 is 35.1 Å². The van der Waals surface area contributed by atoms with Gasteiger partial charge in [-0.05, 0) is 12.8 Å². The largest absolute Gasteiger partial charge is 0.442 e. The number of hydrogen-bond donors (Lipinski definition) is 1. The molecule has 4 aliphatic rings. The molecule has 9 heteroatoms. The fourth-order valence-electron chi connectivity index (χ4n) is 4.15. The number of hydrogen-bond acceptors (Lipinski definition) is 5. The average Bonchev–Trinajstić information content (AvgIpc) is 3.33. The zero-order valence-corrected chi connectivity index (χ0v) is 16.5. The second kappa shape index (κ2) is 7.19. The van der Waals surface area contributed by atoms with Crippen molar-refractivity contribution in [3.63, 3.8) is 0 Å². The molecule has 1 aromatic rings. The molecule has 0 spiro atoms. The first-order valence-electron chi connectivity index (χ1n) is 9.86. The predicted octanol–water partition coefficient (Wildman–Crippen LogP) is 3.37. The van der Waals surface area contributed by atoms with E-state index >= 15 is 0 Å². The summed E-state index contributed by atoms with van der Waals surface area (Å²) in [5.41, 5.74) is 0.0406. The molecule has 2 saturated heterocycles. The number of carbonyl (C=O) groups excluding carboxylic acids is 2. The number of cyclic esters (lactones) is 1. The van der Waals surface area contributed by atoms with Crippen molar-refractivity contribution in [1.29, 1.82) is 0 Å². The lowest BCUT2D eigenvalue weighted by molar-refractivity contribution is -0.127. The Balaban J connectivity index is 1.28. The summed E-state index contributed by atoms with van der Waals surface area (Å²) in [7, 11) is 0. The van der Waals surface area contributed by atoms with Gasteiger partial charge in [0.05, 0.1) is 18.8 Å². The van der Waals surface area contributed by atoms with Crippen LogP contribution in [0.5, 0.6) is 0 Å². The van der Waals surface area contributed by atoms with Gasteiger partial charge in [0.25, 0.3) is 0 Å². The maximum atomic E-state index is 14.8. The van der Waals surface area contributed by atoms with E-state index in [0.717, 1.165) is 36.3 Å². The molecular formula is C20H21F2N3O3S. The van der Waals surface area contributed by atoms with Crippen molar-refractivity contribution in [3.05, 3.63) is 34.9 Å². The maximum absolute atomic E-state index is 14.8. The topological polar surface area (TPSA) is 61.9 Å². The second-order valence-corrected chi connectivity index (χ2v) is 9.07. The number of amides is 2. The third-order valence-electron chi connectivity index (χ3n) is 6.00. The first-order chi connectivity index (χ1) is 14.0. The third-order valence-corrected chi connectivity index (χ3v) is 7.19. The Labute approximate surface area is 171 Å². The first kappa shape index (κ1) is 18.7. The van der Waals surface area contributed by atoms with Gasteiger partial charge < -0.3 is 15.0 Å². The summed E-state index contributed by atoms with van der Waals surface area (Å²) >= 11 is 1.71. The first-order valence-corrected chi connectivity index (χ1v) is 10.8. The summed E-state index contributed by atoms with van der Waals surface area (Å²) in [5, 5.41) is 2.80. The molecule has 29 heavy (non-hydrogen) atoms.